The average molecular weight is 345 g/mol. The Balaban J connectivity index is 1.83. The first-order chi connectivity index (χ1) is 12.1. The third-order valence-corrected chi connectivity index (χ3v) is 4.17. The van der Waals surface area contributed by atoms with E-state index in [0.717, 1.165) is 11.3 Å². The minimum absolute atomic E-state index is 0.180. The first kappa shape index (κ1) is 17.0. The molecule has 7 heteroatoms. The smallest absolute Gasteiger partial charge is 0.325 e. The molecule has 2 heterocycles. The van der Waals surface area contributed by atoms with E-state index >= 15 is 0 Å². The Morgan fingerprint density at radius 3 is 2.72 bits per heavy atom. The van der Waals surface area contributed by atoms with Gasteiger partial charge in [0.1, 0.15) is 12.4 Å². The third-order valence-electron chi connectivity index (χ3n) is 4.17. The summed E-state index contributed by atoms with van der Waals surface area (Å²) in [6.07, 6.45) is 1.96. The van der Waals surface area contributed by atoms with E-state index in [-0.39, 0.29) is 31.0 Å². The van der Waals surface area contributed by atoms with Crippen molar-refractivity contribution in [3.05, 3.63) is 59.7 Å². The number of aromatic nitrogens is 1. The highest BCUT2D eigenvalue weighted by molar-refractivity contribution is 5.81. The second-order valence-electron chi connectivity index (χ2n) is 5.74. The van der Waals surface area contributed by atoms with Crippen molar-refractivity contribution in [2.75, 3.05) is 19.7 Å². The Labute approximate surface area is 145 Å². The van der Waals surface area contributed by atoms with Crippen LogP contribution in [-0.4, -0.2) is 41.2 Å². The lowest BCUT2D eigenvalue weighted by Crippen LogP contribution is -2.48. The summed E-state index contributed by atoms with van der Waals surface area (Å²) in [6, 6.07) is 9.28. The fourth-order valence-electron chi connectivity index (χ4n) is 3.06. The van der Waals surface area contributed by atoms with Gasteiger partial charge in [0.2, 0.25) is 0 Å². The van der Waals surface area contributed by atoms with Gasteiger partial charge in [-0.1, -0.05) is 12.1 Å². The second kappa shape index (κ2) is 7.38. The number of carbonyl (C=O) groups excluding carboxylic acids is 2. The van der Waals surface area contributed by atoms with Crippen molar-refractivity contribution in [1.29, 1.82) is 0 Å². The van der Waals surface area contributed by atoms with Gasteiger partial charge in [-0.25, -0.2) is 9.18 Å². The number of hydrogen-bond acceptors (Lipinski definition) is 3. The molecule has 0 bridgehead atoms. The van der Waals surface area contributed by atoms with Crippen LogP contribution in [0.2, 0.25) is 0 Å². The molecule has 1 aromatic carbocycles. The largest absolute Gasteiger partial charge is 0.465 e. The zero-order chi connectivity index (χ0) is 17.8. The Bertz CT molecular complexity index is 757. The van der Waals surface area contributed by atoms with Gasteiger partial charge < -0.3 is 19.5 Å². The van der Waals surface area contributed by atoms with E-state index < -0.39 is 5.97 Å². The van der Waals surface area contributed by atoms with E-state index in [2.05, 4.69) is 9.88 Å². The topological polar surface area (TPSA) is 63.6 Å². The number of benzene rings is 1. The summed E-state index contributed by atoms with van der Waals surface area (Å²) in [6.45, 7) is 2.94. The molecule has 1 unspecified atom stereocenters. The molecule has 1 atom stereocenters. The number of nitrogens with one attached hydrogen (secondary N) is 1. The van der Waals surface area contributed by atoms with E-state index in [4.69, 9.17) is 4.74 Å². The molecule has 0 radical (unpaired) electrons. The van der Waals surface area contributed by atoms with E-state index in [9.17, 15) is 14.0 Å². The van der Waals surface area contributed by atoms with Gasteiger partial charge in [-0.05, 0) is 36.8 Å². The maximum Gasteiger partial charge on any atom is 0.325 e. The van der Waals surface area contributed by atoms with Crippen molar-refractivity contribution >= 4 is 12.0 Å². The van der Waals surface area contributed by atoms with Crippen LogP contribution < -0.4 is 5.32 Å². The third kappa shape index (κ3) is 3.65. The maximum atomic E-state index is 13.3. The molecule has 1 aromatic heterocycles. The molecule has 0 spiro atoms. The fourth-order valence-corrected chi connectivity index (χ4v) is 3.06. The molecule has 25 heavy (non-hydrogen) atoms. The zero-order valence-electron chi connectivity index (χ0n) is 13.9. The number of esters is 1. The van der Waals surface area contributed by atoms with Crippen LogP contribution in [0.1, 0.15) is 24.2 Å². The van der Waals surface area contributed by atoms with Gasteiger partial charge in [0.05, 0.1) is 12.6 Å². The number of nitrogens with zero attached hydrogens (tertiary/aromatic N) is 2. The highest BCUT2D eigenvalue weighted by Gasteiger charge is 2.32. The molecule has 3 rings (SSSR count). The lowest BCUT2D eigenvalue weighted by atomic mass is 10.0. The Hall–Kier alpha value is -2.83. The summed E-state index contributed by atoms with van der Waals surface area (Å²) in [7, 11) is 0. The van der Waals surface area contributed by atoms with Gasteiger partial charge >= 0.3 is 12.0 Å². The molecule has 132 valence electrons. The van der Waals surface area contributed by atoms with Crippen LogP contribution in [-0.2, 0) is 16.1 Å². The predicted molar refractivity (Wildman–Crippen MR) is 89.4 cm³/mol. The van der Waals surface area contributed by atoms with Crippen LogP contribution in [0, 0.1) is 5.82 Å². The van der Waals surface area contributed by atoms with Crippen LogP contribution in [0.5, 0.6) is 0 Å². The summed E-state index contributed by atoms with van der Waals surface area (Å²) in [5, 5.41) is 2.60. The van der Waals surface area contributed by atoms with Crippen LogP contribution in [0.3, 0.4) is 0 Å². The monoisotopic (exact) mass is 345 g/mol. The number of carbonyl (C=O) groups is 2. The summed E-state index contributed by atoms with van der Waals surface area (Å²) < 4.78 is 20.2. The Morgan fingerprint density at radius 2 is 2.00 bits per heavy atom. The van der Waals surface area contributed by atoms with Crippen LogP contribution in [0.15, 0.2) is 42.6 Å². The molecule has 2 amide bonds. The quantitative estimate of drug-likeness (QED) is 0.865. The molecule has 1 N–H and O–H groups in total. The zero-order valence-corrected chi connectivity index (χ0v) is 13.9. The standard InChI is InChI=1S/C18H20FN3O3/c1-2-25-16(23)12-20-18(24)22-11-10-21-9-3-4-15(21)17(22)13-5-7-14(19)8-6-13/h3-9,17H,2,10-12H2,1H3,(H,20,24). The van der Waals surface area contributed by atoms with Gasteiger partial charge in [-0.2, -0.15) is 0 Å². The SMILES string of the molecule is CCOC(=O)CNC(=O)N1CCn2cccc2C1c1ccc(F)cc1. The van der Waals surface area contributed by atoms with Crippen molar-refractivity contribution in [3.63, 3.8) is 0 Å². The Morgan fingerprint density at radius 1 is 1.24 bits per heavy atom. The molecule has 0 saturated heterocycles. The average Bonchev–Trinajstić information content (AvgIpc) is 3.08. The first-order valence-electron chi connectivity index (χ1n) is 8.20. The number of halogens is 1. The first-order valence-corrected chi connectivity index (χ1v) is 8.20. The van der Waals surface area contributed by atoms with Gasteiger partial charge in [-0.3, -0.25) is 4.79 Å². The van der Waals surface area contributed by atoms with Crippen molar-refractivity contribution in [1.82, 2.24) is 14.8 Å². The van der Waals surface area contributed by atoms with Gasteiger partial charge in [0.15, 0.2) is 0 Å². The van der Waals surface area contributed by atoms with Crippen LogP contribution in [0.25, 0.3) is 0 Å². The van der Waals surface area contributed by atoms with Gasteiger partial charge in [0.25, 0.3) is 0 Å². The highest BCUT2D eigenvalue weighted by atomic mass is 19.1. The molecule has 0 aliphatic carbocycles. The minimum atomic E-state index is -0.477. The molecule has 2 aromatic rings. The number of ether oxygens (including phenoxy) is 1. The number of urea groups is 1. The number of rotatable bonds is 4. The van der Waals surface area contributed by atoms with Crippen molar-refractivity contribution in [2.24, 2.45) is 0 Å². The van der Waals surface area contributed by atoms with E-state index in [1.165, 1.54) is 12.1 Å². The normalized spacial score (nSPS) is 16.2. The molecule has 0 saturated carbocycles. The second-order valence-corrected chi connectivity index (χ2v) is 5.74. The molecular formula is C18H20FN3O3. The summed E-state index contributed by atoms with van der Waals surface area (Å²) in [5.41, 5.74) is 1.76. The highest BCUT2D eigenvalue weighted by Crippen LogP contribution is 2.32. The molecule has 0 fully saturated rings. The maximum absolute atomic E-state index is 13.3. The molecule has 1 aliphatic heterocycles. The summed E-state index contributed by atoms with van der Waals surface area (Å²) >= 11 is 0. The molecule has 1 aliphatic rings. The van der Waals surface area contributed by atoms with E-state index in [1.54, 1.807) is 24.0 Å². The fraction of sp³-hybridized carbons (Fsp3) is 0.333. The van der Waals surface area contributed by atoms with Crippen molar-refractivity contribution in [2.45, 2.75) is 19.5 Å². The summed E-state index contributed by atoms with van der Waals surface area (Å²) in [5.74, 6) is -0.803. The van der Waals surface area contributed by atoms with Crippen LogP contribution >= 0.6 is 0 Å². The number of amides is 2. The van der Waals surface area contributed by atoms with Gasteiger partial charge in [-0.15, -0.1) is 0 Å². The lowest BCUT2D eigenvalue weighted by molar-refractivity contribution is -0.141. The van der Waals surface area contributed by atoms with E-state index in [0.29, 0.717) is 13.1 Å². The molecular weight excluding hydrogens is 325 g/mol. The minimum Gasteiger partial charge on any atom is -0.465 e. The van der Waals surface area contributed by atoms with Gasteiger partial charge in [0, 0.05) is 25.0 Å². The number of hydrogen-bond donors (Lipinski definition) is 1. The predicted octanol–water partition coefficient (Wildman–Crippen LogP) is 2.30. The van der Waals surface area contributed by atoms with Crippen LogP contribution in [0.4, 0.5) is 9.18 Å². The van der Waals surface area contributed by atoms with E-state index in [1.807, 2.05) is 18.3 Å². The Kier molecular flexibility index (Phi) is 5.02. The lowest BCUT2D eigenvalue weighted by Gasteiger charge is -2.37. The number of fused-ring (bicyclic) bond motifs is 1. The molecule has 6 nitrogen and oxygen atoms in total. The van der Waals surface area contributed by atoms with Crippen molar-refractivity contribution < 1.29 is 18.7 Å². The summed E-state index contributed by atoms with van der Waals surface area (Å²) in [4.78, 5) is 25.7. The van der Waals surface area contributed by atoms with Crippen molar-refractivity contribution in [3.8, 4) is 0 Å².